The first kappa shape index (κ1) is 17.9. The van der Waals surface area contributed by atoms with Gasteiger partial charge in [0.05, 0.1) is 6.54 Å². The highest BCUT2D eigenvalue weighted by atomic mass is 19.1. The molecule has 0 aromatic heterocycles. The molecule has 0 saturated carbocycles. The van der Waals surface area contributed by atoms with E-state index in [0.29, 0.717) is 0 Å². The van der Waals surface area contributed by atoms with Crippen molar-refractivity contribution in [2.45, 2.75) is 39.2 Å². The second-order valence-electron chi connectivity index (χ2n) is 5.19. The summed E-state index contributed by atoms with van der Waals surface area (Å²) in [5.41, 5.74) is 0. The summed E-state index contributed by atoms with van der Waals surface area (Å²) in [7, 11) is 0. The van der Waals surface area contributed by atoms with Gasteiger partial charge < -0.3 is 15.2 Å². The number of rotatable bonds is 9. The van der Waals surface area contributed by atoms with Crippen LogP contribution in [0.5, 0.6) is 5.75 Å². The highest BCUT2D eigenvalue weighted by Gasteiger charge is 2.22. The number of halogens is 1. The molecule has 22 heavy (non-hydrogen) atoms. The van der Waals surface area contributed by atoms with Gasteiger partial charge in [-0.1, -0.05) is 26.7 Å². The lowest BCUT2D eigenvalue weighted by Gasteiger charge is -2.17. The molecule has 0 fully saturated rings. The van der Waals surface area contributed by atoms with Gasteiger partial charge in [0.15, 0.2) is 0 Å². The van der Waals surface area contributed by atoms with Crippen LogP contribution in [-0.2, 0) is 9.59 Å². The molecule has 1 aromatic rings. The Morgan fingerprint density at radius 2 is 1.95 bits per heavy atom. The number of aliphatic carboxylic acids is 1. The van der Waals surface area contributed by atoms with Crippen molar-refractivity contribution in [3.8, 4) is 5.75 Å². The third kappa shape index (κ3) is 6.11. The minimum absolute atomic E-state index is 0.137. The van der Waals surface area contributed by atoms with Crippen LogP contribution in [0.1, 0.15) is 33.1 Å². The normalized spacial score (nSPS) is 13.2. The fraction of sp³-hybridized carbons (Fsp3) is 0.500. The molecule has 0 aliphatic carbocycles. The lowest BCUT2D eigenvalue weighted by Crippen LogP contribution is -2.42. The van der Waals surface area contributed by atoms with Crippen LogP contribution in [-0.4, -0.2) is 29.6 Å². The van der Waals surface area contributed by atoms with Crippen molar-refractivity contribution >= 4 is 11.9 Å². The third-order valence-corrected chi connectivity index (χ3v) is 3.27. The van der Waals surface area contributed by atoms with Gasteiger partial charge in [-0.3, -0.25) is 4.79 Å². The van der Waals surface area contributed by atoms with Crippen LogP contribution in [0.4, 0.5) is 4.39 Å². The number of carboxylic acids is 1. The van der Waals surface area contributed by atoms with Crippen LogP contribution in [0, 0.1) is 11.7 Å². The standard InChI is InChI=1S/C16H22FNO4/c1-3-4-5-11(2)15(19)18-10-14(16(20)21)22-13-8-6-12(17)7-9-13/h6-9,11,14H,3-5,10H2,1-2H3,(H,18,19)(H,20,21). The number of nitrogens with one attached hydrogen (secondary N) is 1. The van der Waals surface area contributed by atoms with Gasteiger partial charge in [-0.15, -0.1) is 0 Å². The van der Waals surface area contributed by atoms with Crippen LogP contribution in [0.25, 0.3) is 0 Å². The summed E-state index contributed by atoms with van der Waals surface area (Å²) < 4.78 is 18.1. The van der Waals surface area contributed by atoms with E-state index < -0.39 is 17.9 Å². The van der Waals surface area contributed by atoms with Gasteiger partial charge in [-0.25, -0.2) is 9.18 Å². The first-order valence-electron chi connectivity index (χ1n) is 7.36. The Labute approximate surface area is 129 Å². The lowest BCUT2D eigenvalue weighted by atomic mass is 10.0. The Hall–Kier alpha value is -2.11. The Morgan fingerprint density at radius 1 is 1.32 bits per heavy atom. The van der Waals surface area contributed by atoms with E-state index in [2.05, 4.69) is 5.32 Å². The molecule has 2 N–H and O–H groups in total. The molecule has 0 saturated heterocycles. The van der Waals surface area contributed by atoms with E-state index in [1.54, 1.807) is 0 Å². The number of carboxylic acid groups (broad SMARTS) is 1. The highest BCUT2D eigenvalue weighted by molar-refractivity contribution is 5.79. The van der Waals surface area contributed by atoms with E-state index in [1.165, 1.54) is 24.3 Å². The van der Waals surface area contributed by atoms with E-state index in [0.717, 1.165) is 19.3 Å². The minimum Gasteiger partial charge on any atom is -0.478 e. The predicted octanol–water partition coefficient (Wildman–Crippen LogP) is 2.60. The average molecular weight is 311 g/mol. The summed E-state index contributed by atoms with van der Waals surface area (Å²) in [5, 5.41) is 11.7. The molecule has 1 aromatic carbocycles. The molecule has 0 aliphatic heterocycles. The van der Waals surface area contributed by atoms with E-state index in [1.807, 2.05) is 13.8 Å². The molecule has 0 bridgehead atoms. The number of ether oxygens (including phenoxy) is 1. The molecule has 122 valence electrons. The van der Waals surface area contributed by atoms with Gasteiger partial charge in [-0.2, -0.15) is 0 Å². The van der Waals surface area contributed by atoms with Gasteiger partial charge in [0, 0.05) is 5.92 Å². The maximum absolute atomic E-state index is 12.8. The Balaban J connectivity index is 2.52. The van der Waals surface area contributed by atoms with Gasteiger partial charge in [0.2, 0.25) is 12.0 Å². The second kappa shape index (κ2) is 9.02. The number of hydrogen-bond donors (Lipinski definition) is 2. The Kier molecular flexibility index (Phi) is 7.36. The molecular formula is C16H22FNO4. The van der Waals surface area contributed by atoms with Crippen LogP contribution in [0.3, 0.4) is 0 Å². The Morgan fingerprint density at radius 3 is 2.50 bits per heavy atom. The van der Waals surface area contributed by atoms with Gasteiger partial charge in [0.25, 0.3) is 0 Å². The number of carbonyl (C=O) groups is 2. The molecular weight excluding hydrogens is 289 g/mol. The summed E-state index contributed by atoms with van der Waals surface area (Å²) >= 11 is 0. The first-order chi connectivity index (χ1) is 10.4. The summed E-state index contributed by atoms with van der Waals surface area (Å²) in [6, 6.07) is 5.05. The molecule has 0 spiro atoms. The molecule has 0 radical (unpaired) electrons. The summed E-state index contributed by atoms with van der Waals surface area (Å²) in [6.45, 7) is 3.71. The number of hydrogen-bond acceptors (Lipinski definition) is 3. The summed E-state index contributed by atoms with van der Waals surface area (Å²) in [5.74, 6) is -1.74. The van der Waals surface area contributed by atoms with Crippen molar-refractivity contribution in [1.82, 2.24) is 5.32 Å². The largest absolute Gasteiger partial charge is 0.478 e. The molecule has 1 rings (SSSR count). The van der Waals surface area contributed by atoms with Crippen LogP contribution in [0.15, 0.2) is 24.3 Å². The quantitative estimate of drug-likeness (QED) is 0.735. The van der Waals surface area contributed by atoms with Crippen LogP contribution >= 0.6 is 0 Å². The van der Waals surface area contributed by atoms with Gasteiger partial charge in [-0.05, 0) is 30.7 Å². The second-order valence-corrected chi connectivity index (χ2v) is 5.19. The van der Waals surface area contributed by atoms with E-state index >= 15 is 0 Å². The van der Waals surface area contributed by atoms with Gasteiger partial charge in [0.1, 0.15) is 11.6 Å². The lowest BCUT2D eigenvalue weighted by molar-refractivity contribution is -0.145. The predicted molar refractivity (Wildman–Crippen MR) is 80.2 cm³/mol. The number of unbranched alkanes of at least 4 members (excludes halogenated alkanes) is 1. The van der Waals surface area contributed by atoms with Crippen molar-refractivity contribution in [2.24, 2.45) is 5.92 Å². The molecule has 0 aliphatic rings. The van der Waals surface area contributed by atoms with Crippen LogP contribution < -0.4 is 10.1 Å². The Bertz CT molecular complexity index is 489. The van der Waals surface area contributed by atoms with Crippen molar-refractivity contribution in [1.29, 1.82) is 0 Å². The SMILES string of the molecule is CCCCC(C)C(=O)NCC(Oc1ccc(F)cc1)C(=O)O. The smallest absolute Gasteiger partial charge is 0.346 e. The number of amides is 1. The van der Waals surface area contributed by atoms with E-state index in [-0.39, 0.29) is 24.1 Å². The minimum atomic E-state index is -1.22. The first-order valence-corrected chi connectivity index (χ1v) is 7.36. The number of carbonyl (C=O) groups excluding carboxylic acids is 1. The molecule has 5 nitrogen and oxygen atoms in total. The maximum atomic E-state index is 12.8. The fourth-order valence-corrected chi connectivity index (χ4v) is 1.87. The van der Waals surface area contributed by atoms with Crippen LogP contribution in [0.2, 0.25) is 0 Å². The van der Waals surface area contributed by atoms with Crippen molar-refractivity contribution in [3.05, 3.63) is 30.1 Å². The molecule has 0 heterocycles. The van der Waals surface area contributed by atoms with Crippen molar-refractivity contribution in [2.75, 3.05) is 6.54 Å². The zero-order chi connectivity index (χ0) is 16.5. The average Bonchev–Trinajstić information content (AvgIpc) is 2.50. The molecule has 2 unspecified atom stereocenters. The van der Waals surface area contributed by atoms with E-state index in [4.69, 9.17) is 9.84 Å². The molecule has 2 atom stereocenters. The highest BCUT2D eigenvalue weighted by Crippen LogP contribution is 2.13. The topological polar surface area (TPSA) is 75.6 Å². The summed E-state index contributed by atoms with van der Waals surface area (Å²) in [4.78, 5) is 23.0. The molecule has 6 heteroatoms. The van der Waals surface area contributed by atoms with Gasteiger partial charge >= 0.3 is 5.97 Å². The fourth-order valence-electron chi connectivity index (χ4n) is 1.87. The van der Waals surface area contributed by atoms with Crippen molar-refractivity contribution < 1.29 is 23.8 Å². The summed E-state index contributed by atoms with van der Waals surface area (Å²) in [6.07, 6.45) is 1.50. The maximum Gasteiger partial charge on any atom is 0.346 e. The van der Waals surface area contributed by atoms with Crippen molar-refractivity contribution in [3.63, 3.8) is 0 Å². The zero-order valence-corrected chi connectivity index (χ0v) is 12.8. The number of benzene rings is 1. The molecule has 1 amide bonds. The zero-order valence-electron chi connectivity index (χ0n) is 12.8. The third-order valence-electron chi connectivity index (χ3n) is 3.27. The monoisotopic (exact) mass is 311 g/mol. The van der Waals surface area contributed by atoms with E-state index in [9.17, 15) is 14.0 Å².